The summed E-state index contributed by atoms with van der Waals surface area (Å²) in [7, 11) is 0. The van der Waals surface area contributed by atoms with Crippen molar-refractivity contribution in [2.75, 3.05) is 6.26 Å². The molecule has 0 radical (unpaired) electrons. The van der Waals surface area contributed by atoms with Gasteiger partial charge in [-0.15, -0.1) is 0 Å². The van der Waals surface area contributed by atoms with Crippen molar-refractivity contribution < 1.29 is 9.90 Å². The number of carboxylic acids is 1. The first-order chi connectivity index (χ1) is 9.69. The molecule has 3 nitrogen and oxygen atoms in total. The summed E-state index contributed by atoms with van der Waals surface area (Å²) in [5.41, 5.74) is 2.03. The molecule has 20 heavy (non-hydrogen) atoms. The minimum Gasteiger partial charge on any atom is -0.481 e. The first-order valence-corrected chi connectivity index (χ1v) is 8.52. The van der Waals surface area contributed by atoms with E-state index in [9.17, 15) is 4.79 Å². The Bertz CT molecular complexity index is 450. The van der Waals surface area contributed by atoms with Crippen molar-refractivity contribution in [3.05, 3.63) is 35.4 Å². The highest BCUT2D eigenvalue weighted by molar-refractivity contribution is 7.99. The zero-order chi connectivity index (χ0) is 14.4. The molecule has 0 aromatic heterocycles. The van der Waals surface area contributed by atoms with Crippen molar-refractivity contribution in [3.63, 3.8) is 0 Å². The summed E-state index contributed by atoms with van der Waals surface area (Å²) >= 11 is 1.97. The molecule has 1 aliphatic rings. The molecule has 110 valence electrons. The van der Waals surface area contributed by atoms with E-state index in [1.807, 2.05) is 36.0 Å². The van der Waals surface area contributed by atoms with Gasteiger partial charge in [0.05, 0.1) is 6.42 Å². The fourth-order valence-electron chi connectivity index (χ4n) is 2.86. The number of aliphatic carboxylic acids is 1. The van der Waals surface area contributed by atoms with Crippen LogP contribution in [-0.2, 0) is 17.8 Å². The lowest BCUT2D eigenvalue weighted by Crippen LogP contribution is -2.34. The number of carboxylic acid groups (broad SMARTS) is 1. The lowest BCUT2D eigenvalue weighted by atomic mass is 9.94. The van der Waals surface area contributed by atoms with Gasteiger partial charge >= 0.3 is 5.97 Å². The molecule has 2 rings (SSSR count). The van der Waals surface area contributed by atoms with E-state index in [4.69, 9.17) is 5.11 Å². The van der Waals surface area contributed by atoms with Gasteiger partial charge in [0.25, 0.3) is 0 Å². The van der Waals surface area contributed by atoms with E-state index >= 15 is 0 Å². The Balaban J connectivity index is 1.91. The molecular formula is C16H23NO2S. The van der Waals surface area contributed by atoms with Crippen LogP contribution in [0.15, 0.2) is 24.3 Å². The maximum atomic E-state index is 10.9. The Hall–Kier alpha value is -1.00. The van der Waals surface area contributed by atoms with Gasteiger partial charge in [-0.3, -0.25) is 4.79 Å². The smallest absolute Gasteiger partial charge is 0.307 e. The molecule has 1 aromatic rings. The lowest BCUT2D eigenvalue weighted by molar-refractivity contribution is -0.136. The van der Waals surface area contributed by atoms with Crippen LogP contribution in [-0.4, -0.2) is 28.6 Å². The molecule has 2 N–H and O–H groups in total. The standard InChI is InChI=1S/C16H23NO2S/c1-20-15-8-4-7-14(10-15)17-11-13-6-3-2-5-12(13)9-16(18)19/h2-3,5-6,14-15,17H,4,7-11H2,1H3,(H,18,19). The number of benzene rings is 1. The molecule has 2 atom stereocenters. The number of carbonyl (C=O) groups is 1. The second-order valence-corrected chi connectivity index (χ2v) is 6.58. The molecule has 0 aliphatic heterocycles. The van der Waals surface area contributed by atoms with E-state index in [0.717, 1.165) is 22.9 Å². The number of nitrogens with one attached hydrogen (secondary N) is 1. The van der Waals surface area contributed by atoms with Gasteiger partial charge in [-0.1, -0.05) is 30.7 Å². The van der Waals surface area contributed by atoms with E-state index in [1.54, 1.807) is 0 Å². The third-order valence-corrected chi connectivity index (χ3v) is 5.10. The van der Waals surface area contributed by atoms with Crippen molar-refractivity contribution in [1.29, 1.82) is 0 Å². The summed E-state index contributed by atoms with van der Waals surface area (Å²) in [4.78, 5) is 10.9. The van der Waals surface area contributed by atoms with E-state index in [2.05, 4.69) is 11.6 Å². The van der Waals surface area contributed by atoms with E-state index in [0.29, 0.717) is 6.04 Å². The molecular weight excluding hydrogens is 270 g/mol. The fourth-order valence-corrected chi connectivity index (χ4v) is 3.69. The summed E-state index contributed by atoms with van der Waals surface area (Å²) in [5, 5.41) is 13.3. The van der Waals surface area contributed by atoms with E-state index in [1.165, 1.54) is 25.7 Å². The number of hydrogen-bond donors (Lipinski definition) is 2. The predicted octanol–water partition coefficient (Wildman–Crippen LogP) is 3.08. The SMILES string of the molecule is CSC1CCCC(NCc2ccccc2CC(=O)O)C1. The molecule has 0 bridgehead atoms. The maximum Gasteiger partial charge on any atom is 0.307 e. The van der Waals surface area contributed by atoms with Crippen LogP contribution in [0.25, 0.3) is 0 Å². The van der Waals surface area contributed by atoms with Gasteiger partial charge in [-0.2, -0.15) is 11.8 Å². The van der Waals surface area contributed by atoms with Crippen LogP contribution in [0, 0.1) is 0 Å². The molecule has 4 heteroatoms. The van der Waals surface area contributed by atoms with Crippen LogP contribution in [0.2, 0.25) is 0 Å². The van der Waals surface area contributed by atoms with Gasteiger partial charge in [0, 0.05) is 17.8 Å². The van der Waals surface area contributed by atoms with Crippen molar-refractivity contribution in [2.24, 2.45) is 0 Å². The highest BCUT2D eigenvalue weighted by Crippen LogP contribution is 2.27. The molecule has 1 aliphatic carbocycles. The highest BCUT2D eigenvalue weighted by atomic mass is 32.2. The minimum atomic E-state index is -0.766. The van der Waals surface area contributed by atoms with Crippen molar-refractivity contribution in [2.45, 2.75) is 49.9 Å². The average Bonchev–Trinajstić information content (AvgIpc) is 2.46. The second-order valence-electron chi connectivity index (χ2n) is 5.44. The van der Waals surface area contributed by atoms with E-state index < -0.39 is 5.97 Å². The third kappa shape index (κ3) is 4.53. The van der Waals surface area contributed by atoms with Crippen LogP contribution < -0.4 is 5.32 Å². The molecule has 1 saturated carbocycles. The molecule has 0 amide bonds. The predicted molar refractivity (Wildman–Crippen MR) is 84.2 cm³/mol. The van der Waals surface area contributed by atoms with Crippen LogP contribution in [0.5, 0.6) is 0 Å². The van der Waals surface area contributed by atoms with Gasteiger partial charge in [0.15, 0.2) is 0 Å². The normalized spacial score (nSPS) is 22.6. The van der Waals surface area contributed by atoms with Crippen LogP contribution in [0.3, 0.4) is 0 Å². The van der Waals surface area contributed by atoms with Crippen LogP contribution in [0.1, 0.15) is 36.8 Å². The first-order valence-electron chi connectivity index (χ1n) is 7.23. The topological polar surface area (TPSA) is 49.3 Å². The zero-order valence-electron chi connectivity index (χ0n) is 12.0. The molecule has 0 heterocycles. The van der Waals surface area contributed by atoms with Gasteiger partial charge in [0.2, 0.25) is 0 Å². The number of rotatable bonds is 6. The quantitative estimate of drug-likeness (QED) is 0.846. The maximum absolute atomic E-state index is 10.9. The number of thioether (sulfide) groups is 1. The first kappa shape index (κ1) is 15.4. The average molecular weight is 293 g/mol. The van der Waals surface area contributed by atoms with Gasteiger partial charge < -0.3 is 10.4 Å². The summed E-state index contributed by atoms with van der Waals surface area (Å²) < 4.78 is 0. The van der Waals surface area contributed by atoms with Crippen LogP contribution >= 0.6 is 11.8 Å². The Morgan fingerprint density at radius 2 is 2.10 bits per heavy atom. The molecule has 0 saturated heterocycles. The number of hydrogen-bond acceptors (Lipinski definition) is 3. The Morgan fingerprint density at radius 1 is 1.35 bits per heavy atom. The highest BCUT2D eigenvalue weighted by Gasteiger charge is 2.20. The Morgan fingerprint density at radius 3 is 2.80 bits per heavy atom. The molecule has 2 unspecified atom stereocenters. The summed E-state index contributed by atoms with van der Waals surface area (Å²) in [5.74, 6) is -0.766. The monoisotopic (exact) mass is 293 g/mol. The largest absolute Gasteiger partial charge is 0.481 e. The summed E-state index contributed by atoms with van der Waals surface area (Å²) in [6.45, 7) is 0.773. The van der Waals surface area contributed by atoms with E-state index in [-0.39, 0.29) is 6.42 Å². The van der Waals surface area contributed by atoms with Crippen LogP contribution in [0.4, 0.5) is 0 Å². The fraction of sp³-hybridized carbons (Fsp3) is 0.562. The third-order valence-electron chi connectivity index (χ3n) is 4.00. The molecule has 0 spiro atoms. The van der Waals surface area contributed by atoms with Crippen molar-refractivity contribution >= 4 is 17.7 Å². The Labute approximate surface area is 125 Å². The molecule has 1 fully saturated rings. The van der Waals surface area contributed by atoms with Gasteiger partial charge in [-0.05, 0) is 36.6 Å². The van der Waals surface area contributed by atoms with Crippen molar-refractivity contribution in [3.8, 4) is 0 Å². The second kappa shape index (κ2) is 7.70. The van der Waals surface area contributed by atoms with Crippen molar-refractivity contribution in [1.82, 2.24) is 5.32 Å². The summed E-state index contributed by atoms with van der Waals surface area (Å²) in [6, 6.07) is 8.40. The Kier molecular flexibility index (Phi) is 5.92. The molecule has 1 aromatic carbocycles. The van der Waals surface area contributed by atoms with Gasteiger partial charge in [0.1, 0.15) is 0 Å². The zero-order valence-corrected chi connectivity index (χ0v) is 12.8. The van der Waals surface area contributed by atoms with Gasteiger partial charge in [-0.25, -0.2) is 0 Å². The lowest BCUT2D eigenvalue weighted by Gasteiger charge is -2.29. The minimum absolute atomic E-state index is 0.107. The summed E-state index contributed by atoms with van der Waals surface area (Å²) in [6.07, 6.45) is 7.38.